The first-order valence-corrected chi connectivity index (χ1v) is 8.81. The minimum atomic E-state index is -4.50. The standard InChI is InChI=1S/C18H15N3O3S/c22-25(23,24)18-8-4-7-17(13-18)21-20-16-11-9-15(10-12-16)19-14-5-2-1-3-6-14/h1-13,19H,(H,22,23,24)/p-1. The van der Waals surface area contributed by atoms with Gasteiger partial charge < -0.3 is 9.87 Å². The van der Waals surface area contributed by atoms with Crippen molar-refractivity contribution in [1.82, 2.24) is 0 Å². The lowest BCUT2D eigenvalue weighted by Gasteiger charge is -2.06. The van der Waals surface area contributed by atoms with Crippen molar-refractivity contribution in [3.05, 3.63) is 78.9 Å². The van der Waals surface area contributed by atoms with Gasteiger partial charge in [-0.25, -0.2) is 8.42 Å². The van der Waals surface area contributed by atoms with Gasteiger partial charge in [-0.1, -0.05) is 24.3 Å². The third kappa shape index (κ3) is 4.72. The summed E-state index contributed by atoms with van der Waals surface area (Å²) in [5, 5.41) is 11.3. The van der Waals surface area contributed by atoms with E-state index >= 15 is 0 Å². The third-order valence-corrected chi connectivity index (χ3v) is 4.15. The molecule has 0 saturated heterocycles. The summed E-state index contributed by atoms with van der Waals surface area (Å²) in [6.07, 6.45) is 0. The quantitative estimate of drug-likeness (QED) is 0.529. The van der Waals surface area contributed by atoms with E-state index in [1.165, 1.54) is 18.2 Å². The van der Waals surface area contributed by atoms with Gasteiger partial charge in [0.1, 0.15) is 10.1 Å². The van der Waals surface area contributed by atoms with Crippen LogP contribution in [0.2, 0.25) is 0 Å². The van der Waals surface area contributed by atoms with Crippen LogP contribution in [0.3, 0.4) is 0 Å². The molecule has 25 heavy (non-hydrogen) atoms. The van der Waals surface area contributed by atoms with E-state index in [1.807, 2.05) is 42.5 Å². The third-order valence-electron chi connectivity index (χ3n) is 3.32. The number of azo groups is 1. The van der Waals surface area contributed by atoms with Crippen molar-refractivity contribution in [3.8, 4) is 0 Å². The monoisotopic (exact) mass is 352 g/mol. The highest BCUT2D eigenvalue weighted by atomic mass is 32.2. The molecule has 126 valence electrons. The molecule has 0 radical (unpaired) electrons. The minimum Gasteiger partial charge on any atom is -0.744 e. The van der Waals surface area contributed by atoms with Crippen LogP contribution in [0.15, 0.2) is 94.0 Å². The molecule has 7 heteroatoms. The fraction of sp³-hybridized carbons (Fsp3) is 0. The SMILES string of the molecule is O=S(=O)([O-])c1cccc(N=Nc2ccc(Nc3ccccc3)cc2)c1. The molecule has 3 rings (SSSR count). The Morgan fingerprint density at radius 2 is 1.36 bits per heavy atom. The minimum absolute atomic E-state index is 0.295. The van der Waals surface area contributed by atoms with Crippen LogP contribution in [-0.2, 0) is 10.1 Å². The van der Waals surface area contributed by atoms with Crippen molar-refractivity contribution >= 4 is 32.9 Å². The maximum Gasteiger partial charge on any atom is 0.124 e. The van der Waals surface area contributed by atoms with Gasteiger partial charge in [-0.15, -0.1) is 0 Å². The van der Waals surface area contributed by atoms with Crippen LogP contribution in [0.25, 0.3) is 0 Å². The van der Waals surface area contributed by atoms with E-state index in [2.05, 4.69) is 15.5 Å². The van der Waals surface area contributed by atoms with Gasteiger partial charge in [-0.2, -0.15) is 10.2 Å². The Morgan fingerprint density at radius 1 is 0.720 bits per heavy atom. The number of para-hydroxylation sites is 1. The Morgan fingerprint density at radius 3 is 2.04 bits per heavy atom. The number of rotatable bonds is 5. The summed E-state index contributed by atoms with van der Waals surface area (Å²) in [6.45, 7) is 0. The summed E-state index contributed by atoms with van der Waals surface area (Å²) in [6, 6.07) is 22.5. The summed E-state index contributed by atoms with van der Waals surface area (Å²) in [7, 11) is -4.50. The molecule has 0 amide bonds. The molecule has 0 spiro atoms. The smallest absolute Gasteiger partial charge is 0.124 e. The molecule has 1 N–H and O–H groups in total. The zero-order valence-electron chi connectivity index (χ0n) is 13.0. The van der Waals surface area contributed by atoms with Gasteiger partial charge in [0.15, 0.2) is 0 Å². The van der Waals surface area contributed by atoms with E-state index in [-0.39, 0.29) is 4.90 Å². The number of nitrogens with one attached hydrogen (secondary N) is 1. The van der Waals surface area contributed by atoms with Gasteiger partial charge in [0.05, 0.1) is 16.3 Å². The van der Waals surface area contributed by atoms with E-state index < -0.39 is 10.1 Å². The lowest BCUT2D eigenvalue weighted by atomic mass is 10.2. The predicted molar refractivity (Wildman–Crippen MR) is 94.7 cm³/mol. The summed E-state index contributed by atoms with van der Waals surface area (Å²) in [5.41, 5.74) is 2.79. The molecule has 0 saturated carbocycles. The molecule has 6 nitrogen and oxygen atoms in total. The average molecular weight is 352 g/mol. The Balaban J connectivity index is 1.72. The molecule has 0 bridgehead atoms. The van der Waals surface area contributed by atoms with Gasteiger partial charge in [0.2, 0.25) is 0 Å². The molecule has 0 aliphatic heterocycles. The number of hydrogen-bond acceptors (Lipinski definition) is 6. The summed E-state index contributed by atoms with van der Waals surface area (Å²) >= 11 is 0. The number of hydrogen-bond donors (Lipinski definition) is 1. The lowest BCUT2D eigenvalue weighted by molar-refractivity contribution is 0.463. The molecule has 0 aromatic heterocycles. The Bertz CT molecular complexity index is 986. The lowest BCUT2D eigenvalue weighted by Crippen LogP contribution is -1.97. The highest BCUT2D eigenvalue weighted by Gasteiger charge is 2.01. The number of benzene rings is 3. The van der Waals surface area contributed by atoms with Gasteiger partial charge in [0, 0.05) is 11.4 Å². The van der Waals surface area contributed by atoms with Gasteiger partial charge in [0.25, 0.3) is 0 Å². The van der Waals surface area contributed by atoms with Crippen molar-refractivity contribution in [3.63, 3.8) is 0 Å². The summed E-state index contributed by atoms with van der Waals surface area (Å²) < 4.78 is 33.0. The normalized spacial score (nSPS) is 11.6. The zero-order valence-corrected chi connectivity index (χ0v) is 13.8. The molecule has 0 fully saturated rings. The van der Waals surface area contributed by atoms with Crippen LogP contribution in [0.5, 0.6) is 0 Å². The number of nitrogens with zero attached hydrogens (tertiary/aromatic N) is 2. The molecule has 0 atom stereocenters. The van der Waals surface area contributed by atoms with Crippen LogP contribution >= 0.6 is 0 Å². The summed E-state index contributed by atoms with van der Waals surface area (Å²) in [4.78, 5) is -0.327. The van der Waals surface area contributed by atoms with Crippen molar-refractivity contribution in [2.24, 2.45) is 10.2 Å². The maximum absolute atomic E-state index is 11.0. The van der Waals surface area contributed by atoms with Crippen molar-refractivity contribution < 1.29 is 13.0 Å². The molecule has 0 aliphatic carbocycles. The van der Waals surface area contributed by atoms with E-state index in [4.69, 9.17) is 0 Å². The van der Waals surface area contributed by atoms with Crippen LogP contribution in [-0.4, -0.2) is 13.0 Å². The Labute approximate surface area is 145 Å². The molecule has 0 aliphatic rings. The van der Waals surface area contributed by atoms with Gasteiger partial charge in [-0.05, 0) is 54.6 Å². The second-order valence-electron chi connectivity index (χ2n) is 5.19. The average Bonchev–Trinajstić information content (AvgIpc) is 2.62. The maximum atomic E-state index is 11.0. The highest BCUT2D eigenvalue weighted by molar-refractivity contribution is 7.85. The van der Waals surface area contributed by atoms with Crippen molar-refractivity contribution in [2.75, 3.05) is 5.32 Å². The fourth-order valence-electron chi connectivity index (χ4n) is 2.12. The first-order valence-electron chi connectivity index (χ1n) is 7.40. The molecular weight excluding hydrogens is 338 g/mol. The van der Waals surface area contributed by atoms with Crippen LogP contribution in [0.4, 0.5) is 22.7 Å². The first-order chi connectivity index (χ1) is 12.0. The Kier molecular flexibility index (Phi) is 4.87. The first kappa shape index (κ1) is 16.8. The predicted octanol–water partition coefficient (Wildman–Crippen LogP) is 4.75. The van der Waals surface area contributed by atoms with E-state index in [0.717, 1.165) is 11.4 Å². The van der Waals surface area contributed by atoms with E-state index in [9.17, 15) is 13.0 Å². The Hall–Kier alpha value is -3.03. The van der Waals surface area contributed by atoms with Gasteiger partial charge in [-0.3, -0.25) is 0 Å². The largest absolute Gasteiger partial charge is 0.744 e. The van der Waals surface area contributed by atoms with Gasteiger partial charge >= 0.3 is 0 Å². The molecule has 3 aromatic rings. The molecule has 3 aromatic carbocycles. The fourth-order valence-corrected chi connectivity index (χ4v) is 2.63. The zero-order chi connectivity index (χ0) is 17.7. The van der Waals surface area contributed by atoms with E-state index in [1.54, 1.807) is 18.2 Å². The van der Waals surface area contributed by atoms with Crippen molar-refractivity contribution in [2.45, 2.75) is 4.90 Å². The summed E-state index contributed by atoms with van der Waals surface area (Å²) in [5.74, 6) is 0. The second-order valence-corrected chi connectivity index (χ2v) is 6.57. The molecule has 0 heterocycles. The van der Waals surface area contributed by atoms with Crippen molar-refractivity contribution in [1.29, 1.82) is 0 Å². The molecular formula is C18H14N3O3S-. The van der Waals surface area contributed by atoms with E-state index in [0.29, 0.717) is 11.4 Å². The number of anilines is 2. The topological polar surface area (TPSA) is 94.0 Å². The van der Waals surface area contributed by atoms with Crippen LogP contribution in [0, 0.1) is 0 Å². The van der Waals surface area contributed by atoms with Crippen LogP contribution < -0.4 is 5.32 Å². The van der Waals surface area contributed by atoms with Crippen LogP contribution in [0.1, 0.15) is 0 Å². The highest BCUT2D eigenvalue weighted by Crippen LogP contribution is 2.23. The molecule has 0 unspecified atom stereocenters. The second kappa shape index (κ2) is 7.25.